The molecule has 0 saturated carbocycles. The average Bonchev–Trinajstić information content (AvgIpc) is 2.53. The molecule has 0 unspecified atom stereocenters. The molecule has 0 saturated heterocycles. The van der Waals surface area contributed by atoms with Crippen molar-refractivity contribution in [1.82, 2.24) is 9.78 Å². The van der Waals surface area contributed by atoms with Gasteiger partial charge >= 0.3 is 0 Å². The summed E-state index contributed by atoms with van der Waals surface area (Å²) in [7, 11) is 0. The van der Waals surface area contributed by atoms with Crippen LogP contribution in [0.25, 0.3) is 10.9 Å². The molecule has 0 aliphatic heterocycles. The van der Waals surface area contributed by atoms with Gasteiger partial charge in [-0.3, -0.25) is 14.3 Å². The summed E-state index contributed by atoms with van der Waals surface area (Å²) in [5.41, 5.74) is 3.65. The number of amides is 1. The molecule has 24 heavy (non-hydrogen) atoms. The first kappa shape index (κ1) is 15.9. The number of nitrogens with one attached hydrogen (secondary N) is 1. The minimum Gasteiger partial charge on any atom is -0.326 e. The topological polar surface area (TPSA) is 64.0 Å². The highest BCUT2D eigenvalue weighted by Gasteiger charge is 2.07. The molecule has 0 aliphatic carbocycles. The first-order chi connectivity index (χ1) is 11.5. The number of carbonyl (C=O) groups excluding carboxylic acids is 1. The van der Waals surface area contributed by atoms with Crippen LogP contribution in [0.5, 0.6) is 0 Å². The molecule has 1 aromatic heterocycles. The van der Waals surface area contributed by atoms with E-state index in [1.807, 2.05) is 44.2 Å². The lowest BCUT2D eigenvalue weighted by Crippen LogP contribution is -2.18. The van der Waals surface area contributed by atoms with Crippen LogP contribution in [0.1, 0.15) is 17.5 Å². The van der Waals surface area contributed by atoms with Crippen molar-refractivity contribution in [2.75, 3.05) is 5.32 Å². The molecule has 0 atom stereocenters. The summed E-state index contributed by atoms with van der Waals surface area (Å²) in [6.07, 6.45) is 1.58. The molecule has 5 heteroatoms. The monoisotopic (exact) mass is 321 g/mol. The fourth-order valence-electron chi connectivity index (χ4n) is 2.82. The Kier molecular flexibility index (Phi) is 4.42. The third-order valence-corrected chi connectivity index (χ3v) is 3.82. The largest absolute Gasteiger partial charge is 0.326 e. The summed E-state index contributed by atoms with van der Waals surface area (Å²) in [5, 5.41) is 7.66. The molecule has 3 aromatic rings. The first-order valence-electron chi connectivity index (χ1n) is 7.86. The summed E-state index contributed by atoms with van der Waals surface area (Å²) < 4.78 is 1.69. The van der Waals surface area contributed by atoms with Crippen LogP contribution in [0.3, 0.4) is 0 Å². The number of benzene rings is 2. The van der Waals surface area contributed by atoms with E-state index in [9.17, 15) is 9.59 Å². The fraction of sp³-hybridized carbons (Fsp3) is 0.211. The smallest absolute Gasteiger partial charge is 0.226 e. The summed E-state index contributed by atoms with van der Waals surface area (Å²) in [6, 6.07) is 13.2. The molecule has 1 N–H and O–H groups in total. The summed E-state index contributed by atoms with van der Waals surface area (Å²) in [6.45, 7) is 4.41. The predicted molar refractivity (Wildman–Crippen MR) is 95.2 cm³/mol. The van der Waals surface area contributed by atoms with Crippen LogP contribution in [-0.4, -0.2) is 15.7 Å². The third kappa shape index (κ3) is 3.51. The van der Waals surface area contributed by atoms with Crippen molar-refractivity contribution in [3.8, 4) is 0 Å². The SMILES string of the molecule is Cc1cc(C)cc(NC(=O)CCn2ncc(=O)c3ccccc32)c1. The molecule has 3 rings (SSSR count). The number of hydrogen-bond donors (Lipinski definition) is 1. The first-order valence-corrected chi connectivity index (χ1v) is 7.86. The number of rotatable bonds is 4. The Morgan fingerprint density at radius 1 is 1.12 bits per heavy atom. The van der Waals surface area contributed by atoms with Crippen molar-refractivity contribution in [2.45, 2.75) is 26.8 Å². The van der Waals surface area contributed by atoms with Crippen LogP contribution in [0.4, 0.5) is 5.69 Å². The van der Waals surface area contributed by atoms with E-state index in [4.69, 9.17) is 0 Å². The Balaban J connectivity index is 1.73. The Morgan fingerprint density at radius 3 is 2.58 bits per heavy atom. The quantitative estimate of drug-likeness (QED) is 0.803. The number of aryl methyl sites for hydroxylation is 3. The zero-order valence-corrected chi connectivity index (χ0v) is 13.7. The molecule has 0 fully saturated rings. The molecule has 0 aliphatic rings. The fourth-order valence-corrected chi connectivity index (χ4v) is 2.82. The Bertz CT molecular complexity index is 940. The lowest BCUT2D eigenvalue weighted by Gasteiger charge is -2.10. The second-order valence-corrected chi connectivity index (χ2v) is 5.92. The number of para-hydroxylation sites is 1. The van der Waals surface area contributed by atoms with E-state index in [2.05, 4.69) is 16.5 Å². The van der Waals surface area contributed by atoms with Gasteiger partial charge in [0, 0.05) is 17.5 Å². The normalized spacial score (nSPS) is 10.8. The van der Waals surface area contributed by atoms with Gasteiger partial charge in [0.2, 0.25) is 11.3 Å². The molecule has 0 spiro atoms. The van der Waals surface area contributed by atoms with Crippen molar-refractivity contribution in [1.29, 1.82) is 0 Å². The van der Waals surface area contributed by atoms with E-state index >= 15 is 0 Å². The highest BCUT2D eigenvalue weighted by atomic mass is 16.1. The second-order valence-electron chi connectivity index (χ2n) is 5.92. The van der Waals surface area contributed by atoms with Gasteiger partial charge in [0.1, 0.15) is 0 Å². The average molecular weight is 321 g/mol. The number of aromatic nitrogens is 2. The minimum absolute atomic E-state index is 0.0791. The maximum absolute atomic E-state index is 12.2. The van der Waals surface area contributed by atoms with Gasteiger partial charge in [0.25, 0.3) is 0 Å². The lowest BCUT2D eigenvalue weighted by atomic mass is 10.1. The maximum Gasteiger partial charge on any atom is 0.226 e. The van der Waals surface area contributed by atoms with Crippen LogP contribution in [0, 0.1) is 13.8 Å². The maximum atomic E-state index is 12.2. The van der Waals surface area contributed by atoms with Crippen molar-refractivity contribution in [3.05, 3.63) is 70.0 Å². The van der Waals surface area contributed by atoms with E-state index in [0.717, 1.165) is 22.3 Å². The summed E-state index contributed by atoms with van der Waals surface area (Å²) in [4.78, 5) is 24.0. The molecule has 0 radical (unpaired) electrons. The molecule has 122 valence electrons. The molecule has 1 amide bonds. The van der Waals surface area contributed by atoms with Crippen LogP contribution in [0.15, 0.2) is 53.5 Å². The zero-order valence-electron chi connectivity index (χ0n) is 13.7. The second kappa shape index (κ2) is 6.66. The van der Waals surface area contributed by atoms with Gasteiger partial charge in [0.05, 0.1) is 18.3 Å². The van der Waals surface area contributed by atoms with Crippen LogP contribution in [-0.2, 0) is 11.3 Å². The van der Waals surface area contributed by atoms with Gasteiger partial charge in [-0.15, -0.1) is 0 Å². The van der Waals surface area contributed by atoms with Crippen molar-refractivity contribution < 1.29 is 4.79 Å². The molecule has 0 bridgehead atoms. The van der Waals surface area contributed by atoms with Crippen LogP contribution in [0.2, 0.25) is 0 Å². The molecular weight excluding hydrogens is 302 g/mol. The number of nitrogens with zero attached hydrogens (tertiary/aromatic N) is 2. The molecule has 5 nitrogen and oxygen atoms in total. The Hall–Kier alpha value is -2.95. The zero-order chi connectivity index (χ0) is 17.1. The highest BCUT2D eigenvalue weighted by molar-refractivity contribution is 5.91. The number of carbonyl (C=O) groups is 1. The number of hydrogen-bond acceptors (Lipinski definition) is 3. The van der Waals surface area contributed by atoms with Gasteiger partial charge in [-0.25, -0.2) is 0 Å². The van der Waals surface area contributed by atoms with E-state index in [1.54, 1.807) is 10.7 Å². The Morgan fingerprint density at radius 2 is 1.83 bits per heavy atom. The predicted octanol–water partition coefficient (Wildman–Crippen LogP) is 3.04. The van der Waals surface area contributed by atoms with E-state index in [-0.39, 0.29) is 17.8 Å². The summed E-state index contributed by atoms with van der Waals surface area (Å²) in [5.74, 6) is -0.0791. The van der Waals surface area contributed by atoms with Gasteiger partial charge in [-0.05, 0) is 49.2 Å². The van der Waals surface area contributed by atoms with Gasteiger partial charge < -0.3 is 5.32 Å². The van der Waals surface area contributed by atoms with E-state index < -0.39 is 0 Å². The molecule has 1 heterocycles. The van der Waals surface area contributed by atoms with Crippen molar-refractivity contribution >= 4 is 22.5 Å². The van der Waals surface area contributed by atoms with Crippen molar-refractivity contribution in [3.63, 3.8) is 0 Å². The van der Waals surface area contributed by atoms with Crippen LogP contribution < -0.4 is 10.7 Å². The van der Waals surface area contributed by atoms with Gasteiger partial charge in [0.15, 0.2) is 0 Å². The number of fused-ring (bicyclic) bond motifs is 1. The van der Waals surface area contributed by atoms with Gasteiger partial charge in [-0.2, -0.15) is 5.10 Å². The van der Waals surface area contributed by atoms with Crippen molar-refractivity contribution in [2.24, 2.45) is 0 Å². The Labute approximate surface area is 139 Å². The standard InChI is InChI=1S/C19H19N3O2/c1-13-9-14(2)11-15(10-13)21-19(24)7-8-22-17-6-4-3-5-16(17)18(23)12-20-22/h3-6,9-12H,7-8H2,1-2H3,(H,21,24). The lowest BCUT2D eigenvalue weighted by molar-refractivity contribution is -0.116. The number of anilines is 1. The van der Waals surface area contributed by atoms with E-state index in [1.165, 1.54) is 6.20 Å². The summed E-state index contributed by atoms with van der Waals surface area (Å²) >= 11 is 0. The van der Waals surface area contributed by atoms with Gasteiger partial charge in [-0.1, -0.05) is 18.2 Å². The minimum atomic E-state index is -0.110. The molecular formula is C19H19N3O2. The van der Waals surface area contributed by atoms with Crippen LogP contribution >= 0.6 is 0 Å². The van der Waals surface area contributed by atoms with E-state index in [0.29, 0.717) is 11.9 Å². The molecule has 2 aromatic carbocycles. The highest BCUT2D eigenvalue weighted by Crippen LogP contribution is 2.14. The third-order valence-electron chi connectivity index (χ3n) is 3.82.